The zero-order valence-electron chi connectivity index (χ0n) is 11.7. The van der Waals surface area contributed by atoms with Gasteiger partial charge in [0.1, 0.15) is 5.75 Å². The lowest BCUT2D eigenvalue weighted by atomic mass is 10.2. The van der Waals surface area contributed by atoms with Gasteiger partial charge in [-0.05, 0) is 38.8 Å². The van der Waals surface area contributed by atoms with Crippen LogP contribution in [0.3, 0.4) is 0 Å². The van der Waals surface area contributed by atoms with Crippen molar-refractivity contribution in [2.24, 2.45) is 0 Å². The normalized spacial score (nSPS) is 13.8. The first-order valence-electron chi connectivity index (χ1n) is 6.57. The molecule has 0 saturated heterocycles. The lowest BCUT2D eigenvalue weighted by Crippen LogP contribution is -2.41. The van der Waals surface area contributed by atoms with E-state index in [1.54, 1.807) is 6.92 Å². The van der Waals surface area contributed by atoms with Crippen molar-refractivity contribution in [1.29, 1.82) is 0 Å². The largest absolute Gasteiger partial charge is 0.481 e. The number of benzene rings is 1. The Labute approximate surface area is 110 Å². The van der Waals surface area contributed by atoms with Gasteiger partial charge in [0.15, 0.2) is 6.10 Å². The fraction of sp³-hybridized carbons (Fsp3) is 0.533. The molecule has 0 heterocycles. The van der Waals surface area contributed by atoms with E-state index < -0.39 is 6.10 Å². The van der Waals surface area contributed by atoms with E-state index in [0.717, 1.165) is 24.2 Å². The molecule has 0 saturated carbocycles. The number of hydrogen-bond donors (Lipinski definition) is 1. The molecule has 1 aromatic rings. The maximum Gasteiger partial charge on any atom is 0.260 e. The van der Waals surface area contributed by atoms with Crippen molar-refractivity contribution in [3.63, 3.8) is 0 Å². The van der Waals surface area contributed by atoms with E-state index in [4.69, 9.17) is 4.74 Å². The minimum atomic E-state index is -0.467. The molecule has 0 aliphatic rings. The van der Waals surface area contributed by atoms with Gasteiger partial charge in [0.05, 0.1) is 0 Å². The number of amides is 1. The molecular formula is C15H23NO2. The van der Waals surface area contributed by atoms with Crippen LogP contribution >= 0.6 is 0 Å². The molecule has 1 N–H and O–H groups in total. The Bertz CT molecular complexity index is 390. The van der Waals surface area contributed by atoms with Crippen LogP contribution in [0.5, 0.6) is 5.75 Å². The summed E-state index contributed by atoms with van der Waals surface area (Å²) in [5, 5.41) is 2.96. The SMILES string of the molecule is CCC[C@@H](C)NC(=O)[C@H](C)Oc1ccccc1C. The van der Waals surface area contributed by atoms with Gasteiger partial charge in [0.25, 0.3) is 5.91 Å². The van der Waals surface area contributed by atoms with E-state index in [9.17, 15) is 4.79 Å². The molecule has 1 aromatic carbocycles. The first kappa shape index (κ1) is 14.6. The molecule has 0 unspecified atom stereocenters. The number of aryl methyl sites for hydroxylation is 1. The standard InChI is InChI=1S/C15H23NO2/c1-5-8-12(3)16-15(17)13(4)18-14-10-7-6-9-11(14)2/h6-7,9-10,12-13H,5,8H2,1-4H3,(H,16,17)/t12-,13+/m1/s1. The Balaban J connectivity index is 2.52. The van der Waals surface area contributed by atoms with Crippen LogP contribution in [0.2, 0.25) is 0 Å². The molecule has 0 aromatic heterocycles. The van der Waals surface area contributed by atoms with Crippen molar-refractivity contribution < 1.29 is 9.53 Å². The number of ether oxygens (including phenoxy) is 1. The Kier molecular flexibility index (Phi) is 5.69. The highest BCUT2D eigenvalue weighted by molar-refractivity contribution is 5.81. The summed E-state index contributed by atoms with van der Waals surface area (Å²) in [7, 11) is 0. The predicted molar refractivity (Wildman–Crippen MR) is 73.8 cm³/mol. The lowest BCUT2D eigenvalue weighted by molar-refractivity contribution is -0.127. The highest BCUT2D eigenvalue weighted by Gasteiger charge is 2.16. The van der Waals surface area contributed by atoms with E-state index in [-0.39, 0.29) is 11.9 Å². The molecule has 0 fully saturated rings. The lowest BCUT2D eigenvalue weighted by Gasteiger charge is -2.19. The van der Waals surface area contributed by atoms with Crippen molar-refractivity contribution in [3.05, 3.63) is 29.8 Å². The van der Waals surface area contributed by atoms with Gasteiger partial charge in [-0.15, -0.1) is 0 Å². The predicted octanol–water partition coefficient (Wildman–Crippen LogP) is 3.07. The minimum Gasteiger partial charge on any atom is -0.481 e. The van der Waals surface area contributed by atoms with E-state index in [1.807, 2.05) is 38.1 Å². The van der Waals surface area contributed by atoms with Crippen molar-refractivity contribution in [1.82, 2.24) is 5.32 Å². The van der Waals surface area contributed by atoms with Crippen LogP contribution in [0.1, 0.15) is 39.2 Å². The van der Waals surface area contributed by atoms with Crippen LogP contribution in [0.15, 0.2) is 24.3 Å². The molecular weight excluding hydrogens is 226 g/mol. The number of carbonyl (C=O) groups is 1. The highest BCUT2D eigenvalue weighted by Crippen LogP contribution is 2.17. The molecule has 2 atom stereocenters. The van der Waals surface area contributed by atoms with Crippen molar-refractivity contribution in [2.75, 3.05) is 0 Å². The number of rotatable bonds is 6. The fourth-order valence-electron chi connectivity index (χ4n) is 1.80. The van der Waals surface area contributed by atoms with E-state index in [1.165, 1.54) is 0 Å². The van der Waals surface area contributed by atoms with Crippen molar-refractivity contribution in [3.8, 4) is 5.75 Å². The van der Waals surface area contributed by atoms with Crippen LogP contribution < -0.4 is 10.1 Å². The van der Waals surface area contributed by atoms with Crippen LogP contribution in [0.4, 0.5) is 0 Å². The van der Waals surface area contributed by atoms with Crippen LogP contribution in [-0.4, -0.2) is 18.1 Å². The molecule has 3 heteroatoms. The summed E-state index contributed by atoms with van der Waals surface area (Å²) < 4.78 is 5.67. The topological polar surface area (TPSA) is 38.3 Å². The molecule has 0 spiro atoms. The average Bonchev–Trinajstić information content (AvgIpc) is 2.32. The Hall–Kier alpha value is -1.51. The Morgan fingerprint density at radius 3 is 2.61 bits per heavy atom. The monoisotopic (exact) mass is 249 g/mol. The van der Waals surface area contributed by atoms with Crippen molar-refractivity contribution >= 4 is 5.91 Å². The summed E-state index contributed by atoms with van der Waals surface area (Å²) in [5.74, 6) is 0.711. The van der Waals surface area contributed by atoms with E-state index >= 15 is 0 Å². The second-order valence-corrected chi connectivity index (χ2v) is 4.72. The summed E-state index contributed by atoms with van der Waals surface area (Å²) in [4.78, 5) is 11.9. The number of nitrogens with one attached hydrogen (secondary N) is 1. The zero-order chi connectivity index (χ0) is 13.5. The third-order valence-corrected chi connectivity index (χ3v) is 2.88. The van der Waals surface area contributed by atoms with Gasteiger partial charge in [-0.2, -0.15) is 0 Å². The van der Waals surface area contributed by atoms with Gasteiger partial charge in [0, 0.05) is 6.04 Å². The smallest absolute Gasteiger partial charge is 0.260 e. The first-order chi connectivity index (χ1) is 8.54. The molecule has 100 valence electrons. The highest BCUT2D eigenvalue weighted by atomic mass is 16.5. The summed E-state index contributed by atoms with van der Waals surface area (Å²) in [6, 6.07) is 7.92. The van der Waals surface area contributed by atoms with Gasteiger partial charge in [0.2, 0.25) is 0 Å². The van der Waals surface area contributed by atoms with Crippen LogP contribution in [-0.2, 0) is 4.79 Å². The molecule has 0 bridgehead atoms. The second kappa shape index (κ2) is 7.04. The zero-order valence-corrected chi connectivity index (χ0v) is 11.7. The molecule has 18 heavy (non-hydrogen) atoms. The molecule has 1 amide bonds. The van der Waals surface area contributed by atoms with Gasteiger partial charge in [-0.25, -0.2) is 0 Å². The summed E-state index contributed by atoms with van der Waals surface area (Å²) in [6.45, 7) is 7.87. The van der Waals surface area contributed by atoms with Crippen LogP contribution in [0.25, 0.3) is 0 Å². The van der Waals surface area contributed by atoms with Gasteiger partial charge in [-0.3, -0.25) is 4.79 Å². The third-order valence-electron chi connectivity index (χ3n) is 2.88. The number of para-hydroxylation sites is 1. The summed E-state index contributed by atoms with van der Waals surface area (Å²) in [5.41, 5.74) is 1.04. The number of carbonyl (C=O) groups excluding carboxylic acids is 1. The minimum absolute atomic E-state index is 0.0563. The Morgan fingerprint density at radius 1 is 1.33 bits per heavy atom. The molecule has 0 aliphatic heterocycles. The average molecular weight is 249 g/mol. The fourth-order valence-corrected chi connectivity index (χ4v) is 1.80. The van der Waals surface area contributed by atoms with Gasteiger partial charge >= 0.3 is 0 Å². The Morgan fingerprint density at radius 2 is 2.00 bits per heavy atom. The van der Waals surface area contributed by atoms with E-state index in [2.05, 4.69) is 12.2 Å². The van der Waals surface area contributed by atoms with Gasteiger partial charge < -0.3 is 10.1 Å². The first-order valence-corrected chi connectivity index (χ1v) is 6.57. The molecule has 0 aliphatic carbocycles. The quantitative estimate of drug-likeness (QED) is 0.841. The summed E-state index contributed by atoms with van der Waals surface area (Å²) in [6.07, 6.45) is 1.59. The number of hydrogen-bond acceptors (Lipinski definition) is 2. The maximum absolute atomic E-state index is 11.9. The third kappa shape index (κ3) is 4.40. The van der Waals surface area contributed by atoms with Crippen molar-refractivity contribution in [2.45, 2.75) is 52.7 Å². The second-order valence-electron chi connectivity index (χ2n) is 4.72. The summed E-state index contributed by atoms with van der Waals surface area (Å²) >= 11 is 0. The van der Waals surface area contributed by atoms with Gasteiger partial charge in [-0.1, -0.05) is 31.5 Å². The van der Waals surface area contributed by atoms with Crippen LogP contribution in [0, 0.1) is 6.92 Å². The molecule has 0 radical (unpaired) electrons. The van der Waals surface area contributed by atoms with E-state index in [0.29, 0.717) is 0 Å². The molecule has 1 rings (SSSR count). The maximum atomic E-state index is 11.9. The molecule has 3 nitrogen and oxygen atoms in total.